The maximum Gasteiger partial charge on any atom is 0.185 e. The maximum atomic E-state index is 5.71. The van der Waals surface area contributed by atoms with E-state index in [0.29, 0.717) is 18.5 Å². The molecule has 2 aliphatic heterocycles. The van der Waals surface area contributed by atoms with Crippen LogP contribution >= 0.6 is 15.9 Å². The molecule has 0 aromatic carbocycles. The fourth-order valence-electron chi connectivity index (χ4n) is 1.70. The second kappa shape index (κ2) is 4.51. The quantitative estimate of drug-likeness (QED) is 0.566. The maximum absolute atomic E-state index is 5.71. The highest BCUT2D eigenvalue weighted by Gasteiger charge is 2.44. The minimum absolute atomic E-state index is 0.0722. The molecule has 0 saturated carbocycles. The van der Waals surface area contributed by atoms with E-state index in [1.54, 1.807) is 6.08 Å². The first-order valence-electron chi connectivity index (χ1n) is 4.95. The number of hydrogen-bond donors (Lipinski definition) is 0. The van der Waals surface area contributed by atoms with Crippen molar-refractivity contribution in [2.75, 3.05) is 18.5 Å². The predicted molar refractivity (Wildman–Crippen MR) is 57.8 cm³/mol. The minimum atomic E-state index is -0.705. The van der Waals surface area contributed by atoms with Crippen LogP contribution in [0.4, 0.5) is 0 Å². The van der Waals surface area contributed by atoms with Crippen LogP contribution in [0.3, 0.4) is 0 Å². The van der Waals surface area contributed by atoms with Gasteiger partial charge in [0.15, 0.2) is 12.1 Å². The summed E-state index contributed by atoms with van der Waals surface area (Å²) < 4.78 is 22.4. The number of ether oxygens (including phenoxy) is 4. The van der Waals surface area contributed by atoms with Gasteiger partial charge in [-0.2, -0.15) is 0 Å². The Labute approximate surface area is 97.6 Å². The normalized spacial score (nSPS) is 45.9. The molecule has 0 spiro atoms. The summed E-state index contributed by atoms with van der Waals surface area (Å²) in [5.74, 6) is -0.705. The molecule has 15 heavy (non-hydrogen) atoms. The predicted octanol–water partition coefficient (Wildman–Crippen LogP) is 1.44. The van der Waals surface area contributed by atoms with Gasteiger partial charge in [-0.05, 0) is 13.0 Å². The summed E-state index contributed by atoms with van der Waals surface area (Å²) in [6.45, 7) is 6.51. The molecule has 5 heteroatoms. The number of rotatable bonds is 2. The molecular formula is C10H15BrO4. The summed E-state index contributed by atoms with van der Waals surface area (Å²) in [5, 5.41) is 0.658. The number of alkyl halides is 1. The van der Waals surface area contributed by atoms with Gasteiger partial charge in [0.25, 0.3) is 0 Å². The van der Waals surface area contributed by atoms with E-state index < -0.39 is 5.79 Å². The summed E-state index contributed by atoms with van der Waals surface area (Å²) in [7, 11) is 0. The Balaban J connectivity index is 1.99. The van der Waals surface area contributed by atoms with E-state index in [0.717, 1.165) is 0 Å². The van der Waals surface area contributed by atoms with Crippen LogP contribution in [0, 0.1) is 0 Å². The molecule has 0 aromatic heterocycles. The van der Waals surface area contributed by atoms with Gasteiger partial charge in [0.2, 0.25) is 0 Å². The first-order valence-corrected chi connectivity index (χ1v) is 6.07. The highest BCUT2D eigenvalue weighted by Crippen LogP contribution is 2.31. The van der Waals surface area contributed by atoms with Crippen molar-refractivity contribution >= 4 is 15.9 Å². The van der Waals surface area contributed by atoms with Gasteiger partial charge in [0.1, 0.15) is 12.2 Å². The van der Waals surface area contributed by atoms with Crippen LogP contribution in [0.5, 0.6) is 0 Å². The third-order valence-corrected chi connectivity index (χ3v) is 3.10. The second-order valence-corrected chi connectivity index (χ2v) is 4.43. The monoisotopic (exact) mass is 278 g/mol. The van der Waals surface area contributed by atoms with Gasteiger partial charge in [-0.25, -0.2) is 0 Å². The third kappa shape index (κ3) is 2.42. The molecule has 4 nitrogen and oxygen atoms in total. The molecule has 2 fully saturated rings. The Hall–Kier alpha value is 0.0600. The van der Waals surface area contributed by atoms with Crippen LogP contribution in [-0.2, 0) is 18.9 Å². The van der Waals surface area contributed by atoms with E-state index in [4.69, 9.17) is 18.9 Å². The van der Waals surface area contributed by atoms with Gasteiger partial charge in [-0.3, -0.25) is 0 Å². The molecule has 2 unspecified atom stereocenters. The van der Waals surface area contributed by atoms with Gasteiger partial charge in [-0.15, -0.1) is 0 Å². The number of halogens is 1. The van der Waals surface area contributed by atoms with Gasteiger partial charge >= 0.3 is 0 Å². The van der Waals surface area contributed by atoms with Crippen LogP contribution in [0.2, 0.25) is 0 Å². The van der Waals surface area contributed by atoms with Gasteiger partial charge in [0.05, 0.1) is 18.5 Å². The zero-order valence-corrected chi connectivity index (χ0v) is 10.2. The molecule has 86 valence electrons. The third-order valence-electron chi connectivity index (χ3n) is 2.57. The molecule has 2 saturated heterocycles. The Morgan fingerprint density at radius 2 is 1.87 bits per heavy atom. The van der Waals surface area contributed by atoms with E-state index >= 15 is 0 Å². The highest BCUT2D eigenvalue weighted by atomic mass is 79.9. The first-order chi connectivity index (χ1) is 7.17. The molecule has 0 amide bonds. The SMILES string of the molecule is C=CC1(C)OC2COC(CBr)OCC2O1. The smallest absolute Gasteiger partial charge is 0.185 e. The van der Waals surface area contributed by atoms with Crippen molar-refractivity contribution in [1.82, 2.24) is 0 Å². The molecule has 2 rings (SSSR count). The standard InChI is InChI=1S/C10H15BrO4/c1-3-10(2)14-7-5-12-9(4-11)13-6-8(7)15-10/h3,7-9H,1,4-6H2,2H3. The van der Waals surface area contributed by atoms with E-state index in [1.165, 1.54) is 0 Å². The zero-order chi connectivity index (χ0) is 10.9. The average Bonchev–Trinajstić information content (AvgIpc) is 2.46. The Kier molecular flexibility index (Phi) is 3.47. The summed E-state index contributed by atoms with van der Waals surface area (Å²) in [6, 6.07) is 0. The lowest BCUT2D eigenvalue weighted by molar-refractivity contribution is -0.174. The van der Waals surface area contributed by atoms with E-state index in [1.807, 2.05) is 6.92 Å². The van der Waals surface area contributed by atoms with Crippen molar-refractivity contribution in [1.29, 1.82) is 0 Å². The molecule has 2 heterocycles. The van der Waals surface area contributed by atoms with Crippen molar-refractivity contribution in [3.05, 3.63) is 12.7 Å². The molecule has 2 aliphatic rings. The van der Waals surface area contributed by atoms with E-state index in [9.17, 15) is 0 Å². The van der Waals surface area contributed by atoms with E-state index in [2.05, 4.69) is 22.5 Å². The van der Waals surface area contributed by atoms with Crippen molar-refractivity contribution in [2.45, 2.75) is 31.2 Å². The fourth-order valence-corrected chi connectivity index (χ4v) is 2.07. The van der Waals surface area contributed by atoms with E-state index in [-0.39, 0.29) is 18.5 Å². The highest BCUT2D eigenvalue weighted by molar-refractivity contribution is 9.09. The largest absolute Gasteiger partial charge is 0.349 e. The lowest BCUT2D eigenvalue weighted by Crippen LogP contribution is -2.27. The van der Waals surface area contributed by atoms with Crippen molar-refractivity contribution in [3.63, 3.8) is 0 Å². The molecule has 0 bridgehead atoms. The second-order valence-electron chi connectivity index (χ2n) is 3.78. The Morgan fingerprint density at radius 1 is 1.33 bits per heavy atom. The zero-order valence-electron chi connectivity index (χ0n) is 8.65. The molecular weight excluding hydrogens is 264 g/mol. The van der Waals surface area contributed by atoms with Crippen LogP contribution < -0.4 is 0 Å². The Bertz CT molecular complexity index is 230. The summed E-state index contributed by atoms with van der Waals surface area (Å²) in [4.78, 5) is 0. The van der Waals surface area contributed by atoms with Gasteiger partial charge in [0, 0.05) is 0 Å². The topological polar surface area (TPSA) is 36.9 Å². The lowest BCUT2D eigenvalue weighted by Gasteiger charge is -2.20. The van der Waals surface area contributed by atoms with Crippen molar-refractivity contribution in [3.8, 4) is 0 Å². The van der Waals surface area contributed by atoms with Crippen LogP contribution in [0.25, 0.3) is 0 Å². The average molecular weight is 279 g/mol. The van der Waals surface area contributed by atoms with Gasteiger partial charge in [-0.1, -0.05) is 22.5 Å². The molecule has 0 aromatic rings. The number of hydrogen-bond acceptors (Lipinski definition) is 4. The molecule has 0 aliphatic carbocycles. The number of fused-ring (bicyclic) bond motifs is 1. The summed E-state index contributed by atoms with van der Waals surface area (Å²) in [6.07, 6.45) is 1.30. The van der Waals surface area contributed by atoms with Crippen LogP contribution in [-0.4, -0.2) is 42.8 Å². The van der Waals surface area contributed by atoms with Crippen LogP contribution in [0.1, 0.15) is 6.92 Å². The fraction of sp³-hybridized carbons (Fsp3) is 0.800. The summed E-state index contributed by atoms with van der Waals surface area (Å²) in [5.41, 5.74) is 0. The Morgan fingerprint density at radius 3 is 2.27 bits per heavy atom. The molecule has 0 N–H and O–H groups in total. The van der Waals surface area contributed by atoms with Crippen LogP contribution in [0.15, 0.2) is 12.7 Å². The van der Waals surface area contributed by atoms with Crippen molar-refractivity contribution < 1.29 is 18.9 Å². The molecule has 2 atom stereocenters. The molecule has 0 radical (unpaired) electrons. The summed E-state index contributed by atoms with van der Waals surface area (Å²) >= 11 is 3.31. The lowest BCUT2D eigenvalue weighted by atomic mass is 10.2. The first kappa shape index (κ1) is 11.5. The van der Waals surface area contributed by atoms with Crippen molar-refractivity contribution in [2.24, 2.45) is 0 Å². The minimum Gasteiger partial charge on any atom is -0.349 e. The van der Waals surface area contributed by atoms with Gasteiger partial charge < -0.3 is 18.9 Å².